The largest absolute Gasteiger partial charge is 0.346 e. The van der Waals surface area contributed by atoms with Crippen LogP contribution in [0.15, 0.2) is 49.1 Å². The second kappa shape index (κ2) is 6.29. The van der Waals surface area contributed by atoms with E-state index in [4.69, 9.17) is 0 Å². The lowest BCUT2D eigenvalue weighted by Gasteiger charge is -2.34. The third kappa shape index (κ3) is 2.53. The van der Waals surface area contributed by atoms with Crippen molar-refractivity contribution in [3.8, 4) is 22.3 Å². The Kier molecular flexibility index (Phi) is 3.66. The van der Waals surface area contributed by atoms with Gasteiger partial charge in [-0.2, -0.15) is 5.10 Å². The Labute approximate surface area is 174 Å². The predicted molar refractivity (Wildman–Crippen MR) is 116 cm³/mol. The number of amides is 1. The molecule has 0 atom stereocenters. The first-order valence-electron chi connectivity index (χ1n) is 10.6. The highest BCUT2D eigenvalue weighted by Crippen LogP contribution is 2.44. The molecule has 4 heterocycles. The average Bonchev–Trinajstić information content (AvgIpc) is 3.45. The molecule has 1 amide bonds. The minimum absolute atomic E-state index is 0.0675. The van der Waals surface area contributed by atoms with Gasteiger partial charge in [-0.25, -0.2) is 4.98 Å². The number of carbonyl (C=O) groups excluding carboxylic acids is 1. The van der Waals surface area contributed by atoms with Crippen molar-refractivity contribution < 1.29 is 4.79 Å². The molecule has 1 saturated carbocycles. The van der Waals surface area contributed by atoms with Crippen LogP contribution in [-0.4, -0.2) is 25.7 Å². The summed E-state index contributed by atoms with van der Waals surface area (Å²) >= 11 is 0. The molecule has 1 fully saturated rings. The summed E-state index contributed by atoms with van der Waals surface area (Å²) in [5.41, 5.74) is 6.97. The Morgan fingerprint density at radius 2 is 1.87 bits per heavy atom. The van der Waals surface area contributed by atoms with Gasteiger partial charge in [-0.05, 0) is 42.2 Å². The average molecular weight is 397 g/mol. The van der Waals surface area contributed by atoms with E-state index < -0.39 is 0 Å². The Morgan fingerprint density at radius 1 is 1.00 bits per heavy atom. The molecule has 0 saturated heterocycles. The smallest absolute Gasteiger partial charge is 0.252 e. The van der Waals surface area contributed by atoms with E-state index in [0.717, 1.165) is 70.1 Å². The first-order chi connectivity index (χ1) is 14.6. The van der Waals surface area contributed by atoms with Gasteiger partial charge in [0.25, 0.3) is 5.91 Å². The summed E-state index contributed by atoms with van der Waals surface area (Å²) < 4.78 is 1.80. The van der Waals surface area contributed by atoms with E-state index in [1.165, 1.54) is 6.42 Å². The molecule has 0 unspecified atom stereocenters. The molecule has 150 valence electrons. The van der Waals surface area contributed by atoms with Crippen molar-refractivity contribution in [2.75, 3.05) is 0 Å². The van der Waals surface area contributed by atoms with Crippen LogP contribution in [0.1, 0.15) is 48.0 Å². The molecular weight excluding hydrogens is 374 g/mol. The summed E-state index contributed by atoms with van der Waals surface area (Å²) in [4.78, 5) is 20.5. The fourth-order valence-electron chi connectivity index (χ4n) is 5.18. The number of aromatic amines is 1. The van der Waals surface area contributed by atoms with Crippen LogP contribution >= 0.6 is 0 Å². The number of fused-ring (bicyclic) bond motifs is 3. The number of carbonyl (C=O) groups is 1. The van der Waals surface area contributed by atoms with Crippen LogP contribution in [-0.2, 0) is 12.6 Å². The van der Waals surface area contributed by atoms with Gasteiger partial charge in [-0.15, -0.1) is 0 Å². The van der Waals surface area contributed by atoms with Gasteiger partial charge < -0.3 is 10.3 Å². The molecule has 4 aromatic rings. The van der Waals surface area contributed by atoms with Gasteiger partial charge in [0.2, 0.25) is 0 Å². The van der Waals surface area contributed by atoms with E-state index in [0.29, 0.717) is 0 Å². The van der Waals surface area contributed by atoms with Crippen molar-refractivity contribution >= 4 is 16.9 Å². The monoisotopic (exact) mass is 397 g/mol. The van der Waals surface area contributed by atoms with Gasteiger partial charge in [0, 0.05) is 53.3 Å². The quantitative estimate of drug-likeness (QED) is 0.522. The number of hydrogen-bond acceptors (Lipinski definition) is 3. The highest BCUT2D eigenvalue weighted by molar-refractivity contribution is 6.02. The maximum absolute atomic E-state index is 12.6. The van der Waals surface area contributed by atoms with Crippen LogP contribution in [0.5, 0.6) is 0 Å². The maximum atomic E-state index is 12.6. The number of nitrogens with zero attached hydrogens (tertiary/aromatic N) is 3. The van der Waals surface area contributed by atoms with Gasteiger partial charge >= 0.3 is 0 Å². The molecule has 3 aromatic heterocycles. The number of H-pyrrole nitrogens is 1. The third-order valence-corrected chi connectivity index (χ3v) is 6.72. The number of rotatable bonds is 2. The van der Waals surface area contributed by atoms with Crippen LogP contribution in [0.25, 0.3) is 33.3 Å². The number of aromatic nitrogens is 4. The van der Waals surface area contributed by atoms with Crippen molar-refractivity contribution in [3.05, 3.63) is 60.2 Å². The summed E-state index contributed by atoms with van der Waals surface area (Å²) in [6.07, 6.45) is 13.4. The molecule has 6 heteroatoms. The van der Waals surface area contributed by atoms with Crippen molar-refractivity contribution in [1.82, 2.24) is 25.1 Å². The number of nitrogens with one attached hydrogen (secondary N) is 2. The number of aryl methyl sites for hydroxylation is 1. The van der Waals surface area contributed by atoms with Crippen molar-refractivity contribution in [1.29, 1.82) is 0 Å². The van der Waals surface area contributed by atoms with E-state index in [1.54, 1.807) is 4.68 Å². The first kappa shape index (κ1) is 17.4. The Morgan fingerprint density at radius 3 is 2.67 bits per heavy atom. The molecule has 6 rings (SSSR count). The summed E-state index contributed by atoms with van der Waals surface area (Å²) in [6.45, 7) is 0. The van der Waals surface area contributed by atoms with Crippen LogP contribution in [0, 0.1) is 0 Å². The second-order valence-electron chi connectivity index (χ2n) is 8.58. The fourth-order valence-corrected chi connectivity index (χ4v) is 5.18. The molecule has 1 aromatic carbocycles. The van der Waals surface area contributed by atoms with Crippen LogP contribution in [0.3, 0.4) is 0 Å². The minimum Gasteiger partial charge on any atom is -0.346 e. The highest BCUT2D eigenvalue weighted by Gasteiger charge is 2.43. The van der Waals surface area contributed by atoms with Gasteiger partial charge in [0.15, 0.2) is 0 Å². The van der Waals surface area contributed by atoms with Gasteiger partial charge in [-0.3, -0.25) is 9.48 Å². The summed E-state index contributed by atoms with van der Waals surface area (Å²) in [5, 5.41) is 8.66. The van der Waals surface area contributed by atoms with E-state index in [-0.39, 0.29) is 11.4 Å². The zero-order valence-electron chi connectivity index (χ0n) is 16.9. The minimum atomic E-state index is -0.189. The Hall–Kier alpha value is -3.41. The van der Waals surface area contributed by atoms with Crippen molar-refractivity contribution in [3.63, 3.8) is 0 Å². The normalized spacial score (nSPS) is 17.4. The second-order valence-corrected chi connectivity index (χ2v) is 8.58. The third-order valence-electron chi connectivity index (χ3n) is 6.72. The van der Waals surface area contributed by atoms with E-state index in [1.807, 2.05) is 37.9 Å². The standard InChI is InChI=1S/C24H23N5O/c1-29-14-17(12-27-29)16-9-19-20(13-26-22(19)25-11-16)15-5-6-18-21(10-15)24(28-23(18)30)7-3-2-4-8-24/h5-6,9-14H,2-4,7-8H2,1H3,(H,25,26)(H,28,30). The molecule has 1 aliphatic carbocycles. The van der Waals surface area contributed by atoms with Crippen LogP contribution in [0.4, 0.5) is 0 Å². The molecule has 1 spiro atoms. The lowest BCUT2D eigenvalue weighted by Crippen LogP contribution is -2.40. The molecule has 30 heavy (non-hydrogen) atoms. The highest BCUT2D eigenvalue weighted by atomic mass is 16.2. The molecule has 2 N–H and O–H groups in total. The van der Waals surface area contributed by atoms with Crippen molar-refractivity contribution in [2.45, 2.75) is 37.6 Å². The van der Waals surface area contributed by atoms with Gasteiger partial charge in [0.05, 0.1) is 11.7 Å². The molecular formula is C24H23N5O. The zero-order valence-corrected chi connectivity index (χ0v) is 16.9. The van der Waals surface area contributed by atoms with E-state index in [2.05, 4.69) is 38.6 Å². The van der Waals surface area contributed by atoms with E-state index >= 15 is 0 Å². The number of pyridine rings is 1. The SMILES string of the molecule is Cn1cc(-c2cnc3[nH]cc(-c4ccc5c(c4)C4(CCCCC4)NC5=O)c3c2)cn1. The predicted octanol–water partition coefficient (Wildman–Crippen LogP) is 4.53. The first-order valence-corrected chi connectivity index (χ1v) is 10.6. The Bertz CT molecular complexity index is 1290. The lowest BCUT2D eigenvalue weighted by atomic mass is 9.77. The lowest BCUT2D eigenvalue weighted by molar-refractivity contribution is 0.0909. The van der Waals surface area contributed by atoms with E-state index in [9.17, 15) is 4.79 Å². The zero-order chi connectivity index (χ0) is 20.3. The Balaban J connectivity index is 1.48. The van der Waals surface area contributed by atoms with Gasteiger partial charge in [-0.1, -0.05) is 25.3 Å². The summed E-state index contributed by atoms with van der Waals surface area (Å²) in [5.74, 6) is 0.0675. The fraction of sp³-hybridized carbons (Fsp3) is 0.292. The number of hydrogen-bond donors (Lipinski definition) is 2. The molecule has 1 aliphatic heterocycles. The van der Waals surface area contributed by atoms with Crippen LogP contribution in [0.2, 0.25) is 0 Å². The summed E-state index contributed by atoms with van der Waals surface area (Å²) in [6, 6.07) is 8.43. The molecule has 0 radical (unpaired) electrons. The molecule has 6 nitrogen and oxygen atoms in total. The topological polar surface area (TPSA) is 75.6 Å². The van der Waals surface area contributed by atoms with Gasteiger partial charge in [0.1, 0.15) is 5.65 Å². The summed E-state index contributed by atoms with van der Waals surface area (Å²) in [7, 11) is 1.91. The van der Waals surface area contributed by atoms with Crippen LogP contribution < -0.4 is 5.32 Å². The number of benzene rings is 1. The van der Waals surface area contributed by atoms with Crippen molar-refractivity contribution in [2.24, 2.45) is 7.05 Å². The molecule has 0 bridgehead atoms. The molecule has 2 aliphatic rings. The maximum Gasteiger partial charge on any atom is 0.252 e.